The Morgan fingerprint density at radius 2 is 2.18 bits per heavy atom. The van der Waals surface area contributed by atoms with Crippen LogP contribution in [0.5, 0.6) is 5.75 Å². The summed E-state index contributed by atoms with van der Waals surface area (Å²) in [7, 11) is 1.54. The Labute approximate surface area is 127 Å². The molecule has 7 heteroatoms. The van der Waals surface area contributed by atoms with Crippen LogP contribution in [0, 0.1) is 17.0 Å². The Morgan fingerprint density at radius 3 is 2.82 bits per heavy atom. The summed E-state index contributed by atoms with van der Waals surface area (Å²) in [6, 6.07) is 8.76. The molecule has 0 saturated carbocycles. The number of rotatable bonds is 6. The molecule has 1 atom stereocenters. The number of anilines is 1. The summed E-state index contributed by atoms with van der Waals surface area (Å²) in [5.41, 5.74) is 1.14. The van der Waals surface area contributed by atoms with Crippen molar-refractivity contribution in [3.63, 3.8) is 0 Å². The van der Waals surface area contributed by atoms with Crippen LogP contribution in [0.4, 0.5) is 11.5 Å². The molecule has 22 heavy (non-hydrogen) atoms. The molecule has 0 unspecified atom stereocenters. The number of aryl methyl sites for hydroxylation is 1. The summed E-state index contributed by atoms with van der Waals surface area (Å²) >= 11 is 0. The molecule has 116 valence electrons. The number of pyridine rings is 1. The zero-order valence-electron chi connectivity index (χ0n) is 12.3. The van der Waals surface area contributed by atoms with Gasteiger partial charge in [0.15, 0.2) is 0 Å². The SMILES string of the molecule is COc1ccccc1[C@H](O)CNc1cc(C)c([N+](=O)[O-])cn1. The normalized spacial score (nSPS) is 11.8. The second-order valence-electron chi connectivity index (χ2n) is 4.75. The lowest BCUT2D eigenvalue weighted by Crippen LogP contribution is -2.14. The summed E-state index contributed by atoms with van der Waals surface area (Å²) < 4.78 is 5.20. The van der Waals surface area contributed by atoms with Crippen LogP contribution >= 0.6 is 0 Å². The van der Waals surface area contributed by atoms with E-state index in [1.807, 2.05) is 12.1 Å². The number of aromatic nitrogens is 1. The van der Waals surface area contributed by atoms with Crippen LogP contribution in [0.2, 0.25) is 0 Å². The van der Waals surface area contributed by atoms with Gasteiger partial charge in [0.05, 0.1) is 18.1 Å². The van der Waals surface area contributed by atoms with Gasteiger partial charge >= 0.3 is 0 Å². The molecule has 0 spiro atoms. The third-order valence-electron chi connectivity index (χ3n) is 3.25. The number of aliphatic hydroxyl groups excluding tert-OH is 1. The van der Waals surface area contributed by atoms with Crippen molar-refractivity contribution in [1.29, 1.82) is 0 Å². The highest BCUT2D eigenvalue weighted by molar-refractivity contribution is 5.47. The molecule has 2 N–H and O–H groups in total. The van der Waals surface area contributed by atoms with E-state index < -0.39 is 11.0 Å². The quantitative estimate of drug-likeness (QED) is 0.628. The van der Waals surface area contributed by atoms with Crippen LogP contribution in [0.15, 0.2) is 36.5 Å². The first-order valence-electron chi connectivity index (χ1n) is 6.68. The first-order chi connectivity index (χ1) is 10.5. The summed E-state index contributed by atoms with van der Waals surface area (Å²) in [6.45, 7) is 1.85. The first-order valence-corrected chi connectivity index (χ1v) is 6.68. The summed E-state index contributed by atoms with van der Waals surface area (Å²) in [6.07, 6.45) is 0.418. The van der Waals surface area contributed by atoms with E-state index in [0.29, 0.717) is 22.7 Å². The van der Waals surface area contributed by atoms with E-state index in [1.165, 1.54) is 6.20 Å². The van der Waals surface area contributed by atoms with Gasteiger partial charge in [0.2, 0.25) is 0 Å². The molecule has 2 aromatic rings. The van der Waals surface area contributed by atoms with Crippen molar-refractivity contribution < 1.29 is 14.8 Å². The van der Waals surface area contributed by atoms with E-state index in [4.69, 9.17) is 4.74 Å². The fourth-order valence-electron chi connectivity index (χ4n) is 2.09. The van der Waals surface area contributed by atoms with Gasteiger partial charge in [0.25, 0.3) is 5.69 Å². The Kier molecular flexibility index (Phi) is 4.90. The van der Waals surface area contributed by atoms with Crippen molar-refractivity contribution in [3.05, 3.63) is 57.8 Å². The predicted molar refractivity (Wildman–Crippen MR) is 82.1 cm³/mol. The number of para-hydroxylation sites is 1. The third-order valence-corrected chi connectivity index (χ3v) is 3.25. The van der Waals surface area contributed by atoms with Crippen LogP contribution in [-0.2, 0) is 0 Å². The molecule has 0 radical (unpaired) electrons. The van der Waals surface area contributed by atoms with Crippen LogP contribution in [0.3, 0.4) is 0 Å². The second-order valence-corrected chi connectivity index (χ2v) is 4.75. The topological polar surface area (TPSA) is 97.5 Å². The van der Waals surface area contributed by atoms with E-state index in [-0.39, 0.29) is 12.2 Å². The number of nitro groups is 1. The molecule has 1 heterocycles. The summed E-state index contributed by atoms with van der Waals surface area (Å²) in [4.78, 5) is 14.2. The molecule has 0 bridgehead atoms. The lowest BCUT2D eigenvalue weighted by molar-refractivity contribution is -0.385. The van der Waals surface area contributed by atoms with E-state index in [2.05, 4.69) is 10.3 Å². The van der Waals surface area contributed by atoms with E-state index in [9.17, 15) is 15.2 Å². The highest BCUT2D eigenvalue weighted by atomic mass is 16.6. The minimum absolute atomic E-state index is 0.0316. The van der Waals surface area contributed by atoms with Crippen LogP contribution < -0.4 is 10.1 Å². The van der Waals surface area contributed by atoms with Crippen molar-refractivity contribution >= 4 is 11.5 Å². The Hall–Kier alpha value is -2.67. The molecule has 1 aromatic heterocycles. The smallest absolute Gasteiger partial charge is 0.290 e. The minimum atomic E-state index is -0.784. The number of nitrogens with zero attached hydrogens (tertiary/aromatic N) is 2. The molecule has 0 aliphatic carbocycles. The number of nitrogens with one attached hydrogen (secondary N) is 1. The average Bonchev–Trinajstić information content (AvgIpc) is 2.52. The van der Waals surface area contributed by atoms with Gasteiger partial charge in [-0.25, -0.2) is 4.98 Å². The van der Waals surface area contributed by atoms with E-state index in [1.54, 1.807) is 32.2 Å². The minimum Gasteiger partial charge on any atom is -0.496 e. The number of hydrogen-bond acceptors (Lipinski definition) is 6. The molecule has 0 fully saturated rings. The van der Waals surface area contributed by atoms with E-state index >= 15 is 0 Å². The van der Waals surface area contributed by atoms with Crippen molar-refractivity contribution in [1.82, 2.24) is 4.98 Å². The number of hydrogen-bond donors (Lipinski definition) is 2. The largest absolute Gasteiger partial charge is 0.496 e. The Morgan fingerprint density at radius 1 is 1.45 bits per heavy atom. The van der Waals surface area contributed by atoms with Gasteiger partial charge in [-0.05, 0) is 19.1 Å². The van der Waals surface area contributed by atoms with Crippen molar-refractivity contribution in [2.45, 2.75) is 13.0 Å². The van der Waals surface area contributed by atoms with Crippen molar-refractivity contribution in [2.75, 3.05) is 19.0 Å². The maximum atomic E-state index is 10.7. The molecule has 0 aliphatic heterocycles. The number of methoxy groups -OCH3 is 1. The van der Waals surface area contributed by atoms with Crippen LogP contribution in [0.1, 0.15) is 17.2 Å². The molecular weight excluding hydrogens is 286 g/mol. The van der Waals surface area contributed by atoms with E-state index in [0.717, 1.165) is 0 Å². The molecule has 1 aromatic carbocycles. The zero-order valence-corrected chi connectivity index (χ0v) is 12.3. The van der Waals surface area contributed by atoms with Gasteiger partial charge in [-0.2, -0.15) is 0 Å². The van der Waals surface area contributed by atoms with Gasteiger partial charge in [0, 0.05) is 17.7 Å². The van der Waals surface area contributed by atoms with Gasteiger partial charge in [-0.3, -0.25) is 10.1 Å². The molecule has 2 rings (SSSR count). The predicted octanol–water partition coefficient (Wildman–Crippen LogP) is 2.45. The fourth-order valence-corrected chi connectivity index (χ4v) is 2.09. The second kappa shape index (κ2) is 6.86. The lowest BCUT2D eigenvalue weighted by Gasteiger charge is -2.15. The average molecular weight is 303 g/mol. The Bertz CT molecular complexity index is 676. The van der Waals surface area contributed by atoms with Gasteiger partial charge in [-0.1, -0.05) is 18.2 Å². The number of benzene rings is 1. The molecular formula is C15H17N3O4. The summed E-state index contributed by atoms with van der Waals surface area (Å²) in [5.74, 6) is 1.07. The third kappa shape index (κ3) is 3.50. The van der Waals surface area contributed by atoms with Crippen LogP contribution in [0.25, 0.3) is 0 Å². The number of ether oxygens (including phenoxy) is 1. The highest BCUT2D eigenvalue weighted by Crippen LogP contribution is 2.25. The zero-order chi connectivity index (χ0) is 16.1. The molecule has 0 aliphatic rings. The maximum Gasteiger partial charge on any atom is 0.290 e. The van der Waals surface area contributed by atoms with Crippen molar-refractivity contribution in [3.8, 4) is 5.75 Å². The monoisotopic (exact) mass is 303 g/mol. The van der Waals surface area contributed by atoms with Gasteiger partial charge in [0.1, 0.15) is 17.8 Å². The lowest BCUT2D eigenvalue weighted by atomic mass is 10.1. The maximum absolute atomic E-state index is 10.7. The molecule has 7 nitrogen and oxygen atoms in total. The molecule has 0 amide bonds. The highest BCUT2D eigenvalue weighted by Gasteiger charge is 2.14. The van der Waals surface area contributed by atoms with Gasteiger partial charge < -0.3 is 15.2 Å². The standard InChI is InChI=1S/C15H17N3O4/c1-10-7-15(16-8-12(10)18(20)21)17-9-13(19)11-5-3-4-6-14(11)22-2/h3-8,13,19H,9H2,1-2H3,(H,16,17)/t13-/m1/s1. The summed E-state index contributed by atoms with van der Waals surface area (Å²) in [5, 5.41) is 23.9. The first kappa shape index (κ1) is 15.7. The fraction of sp³-hybridized carbons (Fsp3) is 0.267. The molecule has 0 saturated heterocycles. The van der Waals surface area contributed by atoms with Gasteiger partial charge in [-0.15, -0.1) is 0 Å². The Balaban J connectivity index is 2.06. The van der Waals surface area contributed by atoms with Crippen molar-refractivity contribution in [2.24, 2.45) is 0 Å². The number of aliphatic hydroxyl groups is 1. The van der Waals surface area contributed by atoms with Crippen LogP contribution in [-0.4, -0.2) is 28.7 Å².